The zero-order valence-corrected chi connectivity index (χ0v) is 16.6. The number of ether oxygens (including phenoxy) is 1. The number of fused-ring (bicyclic) bond motifs is 1. The van der Waals surface area contributed by atoms with Crippen molar-refractivity contribution in [2.45, 2.75) is 17.9 Å². The first-order valence-corrected chi connectivity index (χ1v) is 10.4. The van der Waals surface area contributed by atoms with Crippen LogP contribution < -0.4 is 10.2 Å². The largest absolute Gasteiger partial charge is 0.455 e. The number of thioether (sulfide) groups is 1. The third kappa shape index (κ3) is 4.76. The number of hydrogen-bond donors (Lipinski definition) is 2. The molecule has 1 amide bonds. The quantitative estimate of drug-likeness (QED) is 0.585. The van der Waals surface area contributed by atoms with Gasteiger partial charge in [0, 0.05) is 0 Å². The lowest BCUT2D eigenvalue weighted by atomic mass is 10.2. The molecule has 4 rings (SSSR count). The van der Waals surface area contributed by atoms with Crippen LogP contribution in [0.5, 0.6) is 0 Å². The molecule has 1 fully saturated rings. The van der Waals surface area contributed by atoms with E-state index in [0.29, 0.717) is 29.0 Å². The van der Waals surface area contributed by atoms with Crippen molar-refractivity contribution in [1.82, 2.24) is 10.3 Å². The number of nitrogens with one attached hydrogen (secondary N) is 2. The number of carbonyl (C=O) groups is 1. The van der Waals surface area contributed by atoms with Crippen molar-refractivity contribution in [3.8, 4) is 0 Å². The number of aryl methyl sites for hydroxylation is 1. The van der Waals surface area contributed by atoms with Crippen molar-refractivity contribution < 1.29 is 23.3 Å². The molecular weight excluding hydrogens is 378 g/mol. The molecule has 0 saturated carbocycles. The highest BCUT2D eigenvalue weighted by Crippen LogP contribution is 2.27. The Labute approximate surface area is 167 Å². The maximum atomic E-state index is 12.2. The van der Waals surface area contributed by atoms with Crippen molar-refractivity contribution in [2.24, 2.45) is 0 Å². The van der Waals surface area contributed by atoms with E-state index in [1.165, 1.54) is 16.7 Å². The van der Waals surface area contributed by atoms with Gasteiger partial charge in [-0.1, -0.05) is 17.8 Å². The highest BCUT2D eigenvalue weighted by Gasteiger charge is 2.16. The second-order valence-electron chi connectivity index (χ2n) is 6.87. The zero-order valence-electron chi connectivity index (χ0n) is 15.8. The van der Waals surface area contributed by atoms with Gasteiger partial charge in [-0.3, -0.25) is 4.79 Å². The molecular formula is C20H24N3O4S+. The number of oxazole rings is 1. The van der Waals surface area contributed by atoms with Crippen LogP contribution in [-0.2, 0) is 10.5 Å². The predicted octanol–water partition coefficient (Wildman–Crippen LogP) is 1.67. The number of amides is 1. The summed E-state index contributed by atoms with van der Waals surface area (Å²) in [6.07, 6.45) is 0. The van der Waals surface area contributed by atoms with E-state index >= 15 is 0 Å². The summed E-state index contributed by atoms with van der Waals surface area (Å²) in [7, 11) is 0. The first-order valence-electron chi connectivity index (χ1n) is 9.45. The van der Waals surface area contributed by atoms with Crippen molar-refractivity contribution in [3.63, 3.8) is 0 Å². The number of furan rings is 1. The Morgan fingerprint density at radius 3 is 2.93 bits per heavy atom. The summed E-state index contributed by atoms with van der Waals surface area (Å²) in [5.41, 5.74) is 2.77. The van der Waals surface area contributed by atoms with Gasteiger partial charge in [-0.05, 0) is 36.8 Å². The van der Waals surface area contributed by atoms with Gasteiger partial charge in [0.1, 0.15) is 24.4 Å². The van der Waals surface area contributed by atoms with Crippen LogP contribution in [0.3, 0.4) is 0 Å². The Hall–Kier alpha value is -2.29. The molecule has 8 heteroatoms. The number of hydrogen-bond acceptors (Lipinski definition) is 6. The van der Waals surface area contributed by atoms with Crippen LogP contribution in [-0.4, -0.2) is 50.3 Å². The summed E-state index contributed by atoms with van der Waals surface area (Å²) < 4.78 is 16.7. The molecule has 2 aromatic heterocycles. The number of morpholine rings is 1. The Morgan fingerprint density at radius 2 is 2.07 bits per heavy atom. The van der Waals surface area contributed by atoms with Crippen LogP contribution in [0, 0.1) is 6.92 Å². The highest BCUT2D eigenvalue weighted by molar-refractivity contribution is 7.98. The summed E-state index contributed by atoms with van der Waals surface area (Å²) in [4.78, 5) is 18.2. The topological polar surface area (TPSA) is 81.9 Å². The molecule has 2 N–H and O–H groups in total. The number of rotatable bonds is 7. The van der Waals surface area contributed by atoms with Crippen molar-refractivity contribution in [1.29, 1.82) is 0 Å². The minimum atomic E-state index is -0.179. The molecule has 1 aromatic carbocycles. The van der Waals surface area contributed by atoms with Crippen LogP contribution in [0.4, 0.5) is 0 Å². The van der Waals surface area contributed by atoms with Crippen molar-refractivity contribution >= 4 is 28.8 Å². The summed E-state index contributed by atoms with van der Waals surface area (Å²) in [6, 6.07) is 9.46. The van der Waals surface area contributed by atoms with Crippen LogP contribution in [0.15, 0.2) is 44.4 Å². The maximum Gasteiger partial charge on any atom is 0.287 e. The zero-order chi connectivity index (χ0) is 19.3. The van der Waals surface area contributed by atoms with Crippen molar-refractivity contribution in [2.75, 3.05) is 39.4 Å². The van der Waals surface area contributed by atoms with E-state index in [0.717, 1.165) is 49.5 Å². The molecule has 148 valence electrons. The summed E-state index contributed by atoms with van der Waals surface area (Å²) >= 11 is 1.45. The molecule has 0 spiro atoms. The van der Waals surface area contributed by atoms with Crippen LogP contribution >= 0.6 is 11.8 Å². The Balaban J connectivity index is 1.26. The molecule has 0 atom stereocenters. The minimum Gasteiger partial charge on any atom is -0.455 e. The lowest BCUT2D eigenvalue weighted by Crippen LogP contribution is -3.14. The Morgan fingerprint density at radius 1 is 1.21 bits per heavy atom. The van der Waals surface area contributed by atoms with E-state index < -0.39 is 0 Å². The van der Waals surface area contributed by atoms with Gasteiger partial charge in [-0.15, -0.1) is 0 Å². The van der Waals surface area contributed by atoms with Crippen molar-refractivity contribution in [3.05, 3.63) is 47.4 Å². The SMILES string of the molecule is Cc1ccc2oc(SCc3ccc(C(=O)NCC[NH+]4CCOCC4)o3)nc2c1. The number of benzene rings is 1. The van der Waals surface area contributed by atoms with Gasteiger partial charge < -0.3 is 23.8 Å². The van der Waals surface area contributed by atoms with Gasteiger partial charge >= 0.3 is 0 Å². The third-order valence-corrected chi connectivity index (χ3v) is 5.56. The molecule has 7 nitrogen and oxygen atoms in total. The molecule has 3 aromatic rings. The Bertz CT molecular complexity index is 946. The molecule has 1 aliphatic heterocycles. The molecule has 0 unspecified atom stereocenters. The lowest BCUT2D eigenvalue weighted by Gasteiger charge is -2.23. The average molecular weight is 402 g/mol. The second-order valence-corrected chi connectivity index (χ2v) is 7.80. The maximum absolute atomic E-state index is 12.2. The highest BCUT2D eigenvalue weighted by atomic mass is 32.2. The third-order valence-electron chi connectivity index (χ3n) is 4.71. The number of nitrogens with zero attached hydrogens (tertiary/aromatic N) is 1. The standard InChI is InChI=1S/C20H23N3O4S/c1-14-2-4-17-16(12-14)22-20(27-17)28-13-15-3-5-18(26-15)19(24)21-6-7-23-8-10-25-11-9-23/h2-5,12H,6-11,13H2,1H3,(H,21,24)/p+1. The first-order chi connectivity index (χ1) is 13.7. The molecule has 0 radical (unpaired) electrons. The van der Waals surface area contributed by atoms with Gasteiger partial charge in [0.15, 0.2) is 11.3 Å². The van der Waals surface area contributed by atoms with Crippen LogP contribution in [0.25, 0.3) is 11.1 Å². The van der Waals surface area contributed by atoms with Gasteiger partial charge in [0.05, 0.1) is 32.1 Å². The molecule has 1 aliphatic rings. The lowest BCUT2D eigenvalue weighted by molar-refractivity contribution is -0.906. The first kappa shape index (κ1) is 19.0. The Kier molecular flexibility index (Phi) is 5.99. The van der Waals surface area contributed by atoms with E-state index in [2.05, 4.69) is 10.3 Å². The molecule has 0 aliphatic carbocycles. The van der Waals surface area contributed by atoms with Crippen LogP contribution in [0.2, 0.25) is 0 Å². The summed E-state index contributed by atoms with van der Waals surface area (Å²) in [6.45, 7) is 7.13. The fraction of sp³-hybridized carbons (Fsp3) is 0.400. The minimum absolute atomic E-state index is 0.179. The summed E-state index contributed by atoms with van der Waals surface area (Å²) in [5.74, 6) is 1.42. The number of carbonyl (C=O) groups excluding carboxylic acids is 1. The normalized spacial score (nSPS) is 15.2. The van der Waals surface area contributed by atoms with E-state index in [-0.39, 0.29) is 5.91 Å². The molecule has 3 heterocycles. The van der Waals surface area contributed by atoms with Gasteiger partial charge in [0.25, 0.3) is 11.1 Å². The number of aromatic nitrogens is 1. The van der Waals surface area contributed by atoms with E-state index in [9.17, 15) is 4.79 Å². The van der Waals surface area contributed by atoms with Gasteiger partial charge in [0.2, 0.25) is 0 Å². The molecule has 28 heavy (non-hydrogen) atoms. The fourth-order valence-electron chi connectivity index (χ4n) is 3.14. The fourth-order valence-corrected chi connectivity index (χ4v) is 3.87. The van der Waals surface area contributed by atoms with Gasteiger partial charge in [-0.25, -0.2) is 4.98 Å². The summed E-state index contributed by atoms with van der Waals surface area (Å²) in [5, 5.41) is 3.52. The van der Waals surface area contributed by atoms with E-state index in [4.69, 9.17) is 13.6 Å². The van der Waals surface area contributed by atoms with Gasteiger partial charge in [-0.2, -0.15) is 0 Å². The smallest absolute Gasteiger partial charge is 0.287 e. The molecule has 0 bridgehead atoms. The number of quaternary nitrogens is 1. The van der Waals surface area contributed by atoms with E-state index in [1.807, 2.05) is 31.2 Å². The predicted molar refractivity (Wildman–Crippen MR) is 106 cm³/mol. The second kappa shape index (κ2) is 8.81. The van der Waals surface area contributed by atoms with E-state index in [1.54, 1.807) is 6.07 Å². The average Bonchev–Trinajstić information content (AvgIpc) is 3.33. The molecule has 1 saturated heterocycles. The monoisotopic (exact) mass is 402 g/mol. The van der Waals surface area contributed by atoms with Crippen LogP contribution in [0.1, 0.15) is 21.9 Å².